The van der Waals surface area contributed by atoms with Crippen LogP contribution in [0.5, 0.6) is 5.75 Å². The van der Waals surface area contributed by atoms with Gasteiger partial charge in [0.25, 0.3) is 15.1 Å². The quantitative estimate of drug-likeness (QED) is 0.0628. The van der Waals surface area contributed by atoms with Crippen molar-refractivity contribution in [2.24, 2.45) is 10.8 Å². The van der Waals surface area contributed by atoms with Gasteiger partial charge in [-0.15, -0.1) is 10.1 Å². The van der Waals surface area contributed by atoms with Crippen LogP contribution in [0.2, 0.25) is 0 Å². The fraction of sp³-hybridized carbons (Fsp3) is 0.423. The Kier molecular flexibility index (Phi) is 14.9. The van der Waals surface area contributed by atoms with Gasteiger partial charge in [0.15, 0.2) is 0 Å². The minimum absolute atomic E-state index is 0.0127. The molecule has 0 radical (unpaired) electrons. The van der Waals surface area contributed by atoms with Crippen molar-refractivity contribution in [3.8, 4) is 5.75 Å². The summed E-state index contributed by atoms with van der Waals surface area (Å²) in [5.41, 5.74) is 4.57. The molecule has 0 aliphatic heterocycles. The highest BCUT2D eigenvalue weighted by Crippen LogP contribution is 2.37. The maximum absolute atomic E-state index is 13.8. The van der Waals surface area contributed by atoms with Gasteiger partial charge in [-0.2, -0.15) is 18.3 Å². The summed E-state index contributed by atoms with van der Waals surface area (Å²) in [7, 11) is -4.68. The second kappa shape index (κ2) is 17.5. The number of nitrogens with two attached hydrogens (primary N) is 1. The van der Waals surface area contributed by atoms with Crippen LogP contribution in [-0.2, 0) is 25.7 Å². The van der Waals surface area contributed by atoms with Gasteiger partial charge in [0, 0.05) is 25.7 Å². The molecule has 0 aliphatic carbocycles. The fourth-order valence-electron chi connectivity index (χ4n) is 3.76. The van der Waals surface area contributed by atoms with Crippen molar-refractivity contribution in [2.75, 3.05) is 30.6 Å². The lowest BCUT2D eigenvalue weighted by atomic mass is 10.1. The molecule has 244 valence electrons. The van der Waals surface area contributed by atoms with Crippen LogP contribution in [0.4, 0.5) is 18.9 Å². The highest BCUT2D eigenvalue weighted by Gasteiger charge is 2.39. The lowest BCUT2D eigenvalue weighted by molar-refractivity contribution is -0.742. The number of hydrogen-bond acceptors (Lipinski definition) is 9. The Labute approximate surface area is 252 Å². The zero-order chi connectivity index (χ0) is 33.5. The van der Waals surface area contributed by atoms with E-state index in [9.17, 15) is 26.4 Å². The zero-order valence-electron chi connectivity index (χ0n) is 24.1. The molecule has 2 aromatic carbocycles. The summed E-state index contributed by atoms with van der Waals surface area (Å²) in [6.45, 7) is 6.72. The number of sulfonamides is 1. The van der Waals surface area contributed by atoms with Gasteiger partial charge in [-0.3, -0.25) is 14.5 Å². The lowest BCUT2D eigenvalue weighted by Gasteiger charge is -2.27. The third-order valence-electron chi connectivity index (χ3n) is 5.68. The molecule has 0 bridgehead atoms. The molecule has 0 aliphatic rings. The van der Waals surface area contributed by atoms with E-state index in [0.717, 1.165) is 21.4 Å². The van der Waals surface area contributed by atoms with Crippen molar-refractivity contribution < 1.29 is 46.2 Å². The van der Waals surface area contributed by atoms with E-state index < -0.39 is 31.7 Å². The van der Waals surface area contributed by atoms with Crippen molar-refractivity contribution >= 4 is 34.4 Å². The number of anilines is 1. The van der Waals surface area contributed by atoms with Gasteiger partial charge >= 0.3 is 12.1 Å². The number of alkyl halides is 3. The number of benzene rings is 2. The van der Waals surface area contributed by atoms with E-state index in [1.807, 2.05) is 0 Å². The van der Waals surface area contributed by atoms with Gasteiger partial charge in [0.05, 0.1) is 29.3 Å². The minimum atomic E-state index is -4.89. The van der Waals surface area contributed by atoms with Gasteiger partial charge in [0.2, 0.25) is 5.96 Å². The Bertz CT molecular complexity index is 1390. The first kappa shape index (κ1) is 37.4. The highest BCUT2D eigenvalue weighted by atomic mass is 32.2. The molecule has 0 spiro atoms. The number of rotatable bonds is 15. The smallest absolute Gasteiger partial charge is 0.417 e. The molecular weight excluding hydrogens is 613 g/mol. The van der Waals surface area contributed by atoms with E-state index in [0.29, 0.717) is 18.4 Å². The van der Waals surface area contributed by atoms with Crippen molar-refractivity contribution in [3.63, 3.8) is 0 Å². The maximum Gasteiger partial charge on any atom is 0.417 e. The van der Waals surface area contributed by atoms with Crippen molar-refractivity contribution in [3.05, 3.63) is 63.7 Å². The number of ether oxygens (including phenoxy) is 2. The molecule has 4 N–H and O–H groups in total. The third-order valence-corrected chi connectivity index (χ3v) is 7.55. The maximum atomic E-state index is 13.8. The van der Waals surface area contributed by atoms with Gasteiger partial charge in [-0.05, 0) is 56.5 Å². The molecule has 44 heavy (non-hydrogen) atoms. The summed E-state index contributed by atoms with van der Waals surface area (Å²) in [4.78, 5) is 19.1. The second-order valence-corrected chi connectivity index (χ2v) is 10.8. The van der Waals surface area contributed by atoms with Crippen LogP contribution in [-0.4, -0.2) is 68.7 Å². The average Bonchev–Trinajstić information content (AvgIpc) is 2.92. The van der Waals surface area contributed by atoms with Crippen LogP contribution in [0.15, 0.2) is 52.5 Å². The third kappa shape index (κ3) is 12.3. The molecule has 0 saturated carbocycles. The number of carbonyl (C=O) groups is 1. The number of halogens is 3. The Morgan fingerprint density at radius 1 is 1.18 bits per heavy atom. The monoisotopic (exact) mass is 648 g/mol. The first-order valence-corrected chi connectivity index (χ1v) is 14.5. The van der Waals surface area contributed by atoms with E-state index in [1.165, 1.54) is 31.2 Å². The van der Waals surface area contributed by atoms with E-state index in [4.69, 9.17) is 35.9 Å². The molecule has 0 saturated heterocycles. The summed E-state index contributed by atoms with van der Waals surface area (Å²) >= 11 is 0. The summed E-state index contributed by atoms with van der Waals surface area (Å²) < 4.78 is 80.5. The molecule has 0 unspecified atom stereocenters. The van der Waals surface area contributed by atoms with Gasteiger partial charge in [-0.1, -0.05) is 18.6 Å². The van der Waals surface area contributed by atoms with Crippen LogP contribution in [0, 0.1) is 22.4 Å². The van der Waals surface area contributed by atoms with Gasteiger partial charge in [-0.25, -0.2) is 13.4 Å². The molecule has 0 fully saturated rings. The topological polar surface area (TPSA) is 202 Å². The molecular formula is C26H35F3N6O8S. The first-order chi connectivity index (χ1) is 20.5. The van der Waals surface area contributed by atoms with Crippen LogP contribution in [0.1, 0.15) is 43.7 Å². The number of hydrazone groups is 1. The Morgan fingerprint density at radius 3 is 2.41 bits per heavy atom. The van der Waals surface area contributed by atoms with Crippen LogP contribution in [0.3, 0.4) is 0 Å². The molecule has 2 rings (SSSR count). The van der Waals surface area contributed by atoms with Gasteiger partial charge in [0.1, 0.15) is 12.4 Å². The summed E-state index contributed by atoms with van der Waals surface area (Å²) in [5, 5.41) is 25.7. The number of nitrogens with zero attached hydrogens (tertiary/aromatic N) is 4. The molecule has 0 aromatic heterocycles. The van der Waals surface area contributed by atoms with Gasteiger partial charge < -0.3 is 20.4 Å². The zero-order valence-corrected chi connectivity index (χ0v) is 24.9. The van der Waals surface area contributed by atoms with Crippen LogP contribution < -0.4 is 14.8 Å². The molecule has 18 heteroatoms. The number of carbonyl (C=O) groups excluding carboxylic acids is 1. The Morgan fingerprint density at radius 2 is 1.84 bits per heavy atom. The summed E-state index contributed by atoms with van der Waals surface area (Å²) in [6, 6.07) is 8.90. The Hall–Kier alpha value is -4.61. The molecule has 0 atom stereocenters. The van der Waals surface area contributed by atoms with E-state index >= 15 is 0 Å². The second-order valence-electron chi connectivity index (χ2n) is 8.92. The number of hydrogen-bond donors (Lipinski definition) is 3. The summed E-state index contributed by atoms with van der Waals surface area (Å²) in [5.74, 6) is -0.472. The van der Waals surface area contributed by atoms with E-state index in [1.54, 1.807) is 13.0 Å². The predicted octanol–water partition coefficient (Wildman–Crippen LogP) is 4.17. The summed E-state index contributed by atoms with van der Waals surface area (Å²) in [6.07, 6.45) is -3.60. The largest absolute Gasteiger partial charge is 0.492 e. The number of unbranched alkanes of at least 4 members (excludes halogenated alkanes) is 2. The van der Waals surface area contributed by atoms with Crippen molar-refractivity contribution in [2.45, 2.75) is 50.6 Å². The predicted molar refractivity (Wildman–Crippen MR) is 155 cm³/mol. The number of nitrogens with one attached hydrogen (secondary N) is 1. The Balaban J connectivity index is 0.00000227. The molecule has 0 heterocycles. The fourth-order valence-corrected chi connectivity index (χ4v) is 5.56. The number of guanidine groups is 1. The SMILES string of the molecule is C=NN(CCOc1cccc(N(CCCCCC(=O)OCC)S(=O)(=O)c2cc(C)ccc2C(F)(F)F)c1)C(=N)N.O=[N+]([O-])O. The molecule has 0 amide bonds. The number of aryl methyl sites for hydroxylation is 1. The lowest BCUT2D eigenvalue weighted by Crippen LogP contribution is -2.35. The van der Waals surface area contributed by atoms with E-state index in [-0.39, 0.29) is 62.5 Å². The number of esters is 1. The normalized spacial score (nSPS) is 11.0. The van der Waals surface area contributed by atoms with Crippen molar-refractivity contribution in [1.29, 1.82) is 5.41 Å². The standard InChI is InChI=1S/C26H34F3N5O5S.HNO3/c1-4-38-24(35)11-6-5-7-14-34(40(36,37)23-17-19(2)12-13-22(23)26(27,28)29)20-9-8-10-21(18-20)39-16-15-33(32-3)25(30)31;2-1(3)4/h8-10,12-13,17-18H,3-7,11,14-16H2,1-2H3,(H3,30,31);(H,2,3,4). The van der Waals surface area contributed by atoms with Crippen molar-refractivity contribution in [1.82, 2.24) is 5.01 Å². The minimum Gasteiger partial charge on any atom is -0.492 e. The van der Waals surface area contributed by atoms with Crippen LogP contribution in [0.25, 0.3) is 0 Å². The highest BCUT2D eigenvalue weighted by molar-refractivity contribution is 7.92. The molecule has 14 nitrogen and oxygen atoms in total. The van der Waals surface area contributed by atoms with Crippen LogP contribution >= 0.6 is 0 Å². The molecule has 2 aromatic rings. The first-order valence-electron chi connectivity index (χ1n) is 13.0. The van der Waals surface area contributed by atoms with E-state index in [2.05, 4.69) is 11.8 Å². The average molecular weight is 649 g/mol.